The molecule has 4 rings (SSSR count). The highest BCUT2D eigenvalue weighted by Crippen LogP contribution is 2.31. The summed E-state index contributed by atoms with van der Waals surface area (Å²) in [6.45, 7) is 0. The Labute approximate surface area is 140 Å². The molecule has 1 aromatic carbocycles. The molecule has 2 aromatic rings. The number of nitrogens with one attached hydrogen (secondary N) is 1. The monoisotopic (exact) mass is 327 g/mol. The zero-order chi connectivity index (χ0) is 16.7. The summed E-state index contributed by atoms with van der Waals surface area (Å²) in [5, 5.41) is 13.0. The van der Waals surface area contributed by atoms with E-state index in [1.165, 1.54) is 17.5 Å². The maximum absolute atomic E-state index is 12.3. The van der Waals surface area contributed by atoms with Gasteiger partial charge >= 0.3 is 5.97 Å². The van der Waals surface area contributed by atoms with Crippen LogP contribution in [0.3, 0.4) is 0 Å². The first kappa shape index (κ1) is 15.2. The van der Waals surface area contributed by atoms with Crippen molar-refractivity contribution in [3.63, 3.8) is 0 Å². The minimum Gasteiger partial charge on any atom is -0.481 e. The number of benzene rings is 1. The first-order valence-corrected chi connectivity index (χ1v) is 8.64. The summed E-state index contributed by atoms with van der Waals surface area (Å²) in [5.74, 6) is -1.15. The quantitative estimate of drug-likeness (QED) is 0.905. The molecule has 2 N–H and O–H groups in total. The number of hydrogen-bond donors (Lipinski definition) is 2. The third-order valence-electron chi connectivity index (χ3n) is 5.37. The number of carboxylic acid groups (broad SMARTS) is 1. The standard InChI is InChI=1S/C19H21NO4/c21-18(20-15-5-4-13(6-15)19(22)23)9-14-10-24-17-8-12-3-1-2-11(12)7-16(14)17/h7-8,10,13,15H,1-6,9H2,(H,20,21)(H,22,23)/t13-,15-/m0/s1. The van der Waals surface area contributed by atoms with Crippen LogP contribution in [0.1, 0.15) is 42.4 Å². The lowest BCUT2D eigenvalue weighted by molar-refractivity contribution is -0.141. The Morgan fingerprint density at radius 2 is 2.00 bits per heavy atom. The van der Waals surface area contributed by atoms with E-state index in [0.29, 0.717) is 12.8 Å². The number of hydrogen-bond acceptors (Lipinski definition) is 3. The van der Waals surface area contributed by atoms with Gasteiger partial charge in [0, 0.05) is 17.0 Å². The molecule has 0 saturated heterocycles. The Morgan fingerprint density at radius 3 is 2.75 bits per heavy atom. The summed E-state index contributed by atoms with van der Waals surface area (Å²) in [5.41, 5.74) is 4.49. The van der Waals surface area contributed by atoms with E-state index in [-0.39, 0.29) is 24.3 Å². The Balaban J connectivity index is 1.45. The zero-order valence-corrected chi connectivity index (χ0v) is 13.5. The van der Waals surface area contributed by atoms with Gasteiger partial charge in [0.1, 0.15) is 5.58 Å². The molecule has 0 radical (unpaired) electrons. The molecule has 5 nitrogen and oxygen atoms in total. The fraction of sp³-hybridized carbons (Fsp3) is 0.474. The van der Waals surface area contributed by atoms with Gasteiger partial charge in [-0.3, -0.25) is 9.59 Å². The summed E-state index contributed by atoms with van der Waals surface area (Å²) in [6.07, 6.45) is 7.25. The van der Waals surface area contributed by atoms with Gasteiger partial charge in [0.05, 0.1) is 18.6 Å². The van der Waals surface area contributed by atoms with Crippen molar-refractivity contribution in [3.05, 3.63) is 35.1 Å². The van der Waals surface area contributed by atoms with Crippen LogP contribution in [0, 0.1) is 5.92 Å². The van der Waals surface area contributed by atoms with E-state index in [1.54, 1.807) is 6.26 Å². The van der Waals surface area contributed by atoms with Crippen LogP contribution in [0.15, 0.2) is 22.8 Å². The number of amides is 1. The van der Waals surface area contributed by atoms with Crippen LogP contribution in [0.4, 0.5) is 0 Å². The van der Waals surface area contributed by atoms with Crippen molar-refractivity contribution in [1.82, 2.24) is 5.32 Å². The average Bonchev–Trinajstić information content (AvgIpc) is 3.25. The summed E-state index contributed by atoms with van der Waals surface area (Å²) in [7, 11) is 0. The number of carboxylic acids is 1. The van der Waals surface area contributed by atoms with Gasteiger partial charge < -0.3 is 14.8 Å². The molecule has 2 atom stereocenters. The summed E-state index contributed by atoms with van der Waals surface area (Å²) in [4.78, 5) is 23.3. The van der Waals surface area contributed by atoms with E-state index in [9.17, 15) is 9.59 Å². The molecule has 126 valence electrons. The van der Waals surface area contributed by atoms with Crippen LogP contribution in [-0.4, -0.2) is 23.0 Å². The lowest BCUT2D eigenvalue weighted by Crippen LogP contribution is -2.34. The van der Waals surface area contributed by atoms with E-state index in [2.05, 4.69) is 17.4 Å². The van der Waals surface area contributed by atoms with Crippen LogP contribution in [0.2, 0.25) is 0 Å². The molecule has 1 aromatic heterocycles. The first-order valence-electron chi connectivity index (χ1n) is 8.64. The third kappa shape index (κ3) is 2.79. The number of rotatable bonds is 4. The number of carbonyl (C=O) groups excluding carboxylic acids is 1. The van der Waals surface area contributed by atoms with Crippen molar-refractivity contribution < 1.29 is 19.1 Å². The van der Waals surface area contributed by atoms with Gasteiger partial charge in [-0.25, -0.2) is 0 Å². The smallest absolute Gasteiger partial charge is 0.306 e. The van der Waals surface area contributed by atoms with Crippen LogP contribution in [0.25, 0.3) is 11.0 Å². The van der Waals surface area contributed by atoms with Crippen molar-refractivity contribution in [2.45, 2.75) is 51.0 Å². The predicted molar refractivity (Wildman–Crippen MR) is 88.9 cm³/mol. The van der Waals surface area contributed by atoms with E-state index in [1.807, 2.05) is 0 Å². The molecule has 0 aliphatic heterocycles. The maximum Gasteiger partial charge on any atom is 0.306 e. The van der Waals surface area contributed by atoms with Gasteiger partial charge in [0.2, 0.25) is 5.91 Å². The molecular formula is C19H21NO4. The predicted octanol–water partition coefficient (Wildman–Crippen LogP) is 2.83. The highest BCUT2D eigenvalue weighted by molar-refractivity contribution is 5.88. The van der Waals surface area contributed by atoms with Gasteiger partial charge in [-0.2, -0.15) is 0 Å². The summed E-state index contributed by atoms with van der Waals surface area (Å²) < 4.78 is 5.64. The number of furan rings is 1. The van der Waals surface area contributed by atoms with Crippen molar-refractivity contribution in [1.29, 1.82) is 0 Å². The van der Waals surface area contributed by atoms with Crippen molar-refractivity contribution in [3.8, 4) is 0 Å². The molecule has 2 aliphatic rings. The van der Waals surface area contributed by atoms with Crippen LogP contribution in [-0.2, 0) is 28.9 Å². The summed E-state index contributed by atoms with van der Waals surface area (Å²) >= 11 is 0. The molecule has 1 fully saturated rings. The second-order valence-corrected chi connectivity index (χ2v) is 7.02. The molecule has 0 spiro atoms. The lowest BCUT2D eigenvalue weighted by Gasteiger charge is -2.12. The Hall–Kier alpha value is -2.30. The second kappa shape index (κ2) is 5.96. The van der Waals surface area contributed by atoms with Gasteiger partial charge in [-0.15, -0.1) is 0 Å². The topological polar surface area (TPSA) is 79.5 Å². The number of fused-ring (bicyclic) bond motifs is 2. The molecule has 24 heavy (non-hydrogen) atoms. The minimum absolute atomic E-state index is 0.0268. The molecule has 1 saturated carbocycles. The number of aliphatic carboxylic acids is 1. The maximum atomic E-state index is 12.3. The van der Waals surface area contributed by atoms with Crippen molar-refractivity contribution in [2.75, 3.05) is 0 Å². The number of aryl methyl sites for hydroxylation is 2. The fourth-order valence-corrected chi connectivity index (χ4v) is 4.07. The largest absolute Gasteiger partial charge is 0.481 e. The molecule has 0 unspecified atom stereocenters. The molecular weight excluding hydrogens is 306 g/mol. The molecule has 1 amide bonds. The SMILES string of the molecule is O=C(Cc1coc2cc3c(cc12)CCC3)N[C@H]1CC[C@H](C(=O)O)C1. The van der Waals surface area contributed by atoms with Crippen LogP contribution >= 0.6 is 0 Å². The Kier molecular flexibility index (Phi) is 3.79. The van der Waals surface area contributed by atoms with E-state index in [4.69, 9.17) is 9.52 Å². The van der Waals surface area contributed by atoms with E-state index >= 15 is 0 Å². The normalized spacial score (nSPS) is 22.7. The zero-order valence-electron chi connectivity index (χ0n) is 13.5. The molecule has 2 aliphatic carbocycles. The Morgan fingerprint density at radius 1 is 1.21 bits per heavy atom. The number of carbonyl (C=O) groups is 2. The average molecular weight is 327 g/mol. The van der Waals surface area contributed by atoms with Gasteiger partial charge in [0.15, 0.2) is 0 Å². The molecule has 1 heterocycles. The van der Waals surface area contributed by atoms with Crippen LogP contribution in [0.5, 0.6) is 0 Å². The third-order valence-corrected chi connectivity index (χ3v) is 5.37. The van der Waals surface area contributed by atoms with E-state index < -0.39 is 5.97 Å². The minimum atomic E-state index is -0.763. The van der Waals surface area contributed by atoms with Crippen molar-refractivity contribution >= 4 is 22.8 Å². The Bertz CT molecular complexity index is 807. The lowest BCUT2D eigenvalue weighted by atomic mass is 10.0. The molecule has 5 heteroatoms. The molecule has 0 bridgehead atoms. The van der Waals surface area contributed by atoms with Gasteiger partial charge in [-0.1, -0.05) is 0 Å². The van der Waals surface area contributed by atoms with Crippen LogP contribution < -0.4 is 5.32 Å². The van der Waals surface area contributed by atoms with Gasteiger partial charge in [-0.05, 0) is 61.8 Å². The van der Waals surface area contributed by atoms with E-state index in [0.717, 1.165) is 35.8 Å². The van der Waals surface area contributed by atoms with Gasteiger partial charge in [0.25, 0.3) is 0 Å². The fourth-order valence-electron chi connectivity index (χ4n) is 4.07. The summed E-state index contributed by atoms with van der Waals surface area (Å²) in [6, 6.07) is 4.24. The van der Waals surface area contributed by atoms with Crippen molar-refractivity contribution in [2.24, 2.45) is 5.92 Å². The highest BCUT2D eigenvalue weighted by atomic mass is 16.4. The first-order chi connectivity index (χ1) is 11.6. The highest BCUT2D eigenvalue weighted by Gasteiger charge is 2.30. The second-order valence-electron chi connectivity index (χ2n) is 7.02.